The molecule has 0 aliphatic carbocycles. The van der Waals surface area contributed by atoms with Gasteiger partial charge in [0.15, 0.2) is 5.11 Å². The van der Waals surface area contributed by atoms with Crippen LogP contribution in [0.2, 0.25) is 0 Å². The Morgan fingerprint density at radius 3 is 2.53 bits per heavy atom. The van der Waals surface area contributed by atoms with E-state index in [-0.39, 0.29) is 5.97 Å². The van der Waals surface area contributed by atoms with Crippen molar-refractivity contribution in [2.45, 2.75) is 13.3 Å². The molecule has 0 saturated carbocycles. The highest BCUT2D eigenvalue weighted by atomic mass is 32.1. The number of rotatable bonds is 4. The van der Waals surface area contributed by atoms with Crippen LogP contribution in [-0.2, 0) is 4.74 Å². The van der Waals surface area contributed by atoms with E-state index in [0.717, 1.165) is 18.7 Å². The minimum Gasteiger partial charge on any atom is -0.465 e. The van der Waals surface area contributed by atoms with Crippen LogP contribution in [0, 0.1) is 0 Å². The van der Waals surface area contributed by atoms with Crippen LogP contribution in [0.4, 0.5) is 5.69 Å². The normalized spacial score (nSPS) is 9.53. The fourth-order valence-electron chi connectivity index (χ4n) is 1.22. The zero-order valence-electron chi connectivity index (χ0n) is 9.95. The lowest BCUT2D eigenvalue weighted by molar-refractivity contribution is 0.0601. The number of hydrogen-bond donors (Lipinski definition) is 2. The minimum atomic E-state index is -0.344. The Morgan fingerprint density at radius 2 is 2.00 bits per heavy atom. The zero-order valence-corrected chi connectivity index (χ0v) is 10.8. The van der Waals surface area contributed by atoms with Crippen LogP contribution in [0.15, 0.2) is 24.3 Å². The second-order valence-corrected chi connectivity index (χ2v) is 3.86. The molecule has 1 aromatic carbocycles. The molecule has 1 rings (SSSR count). The quantitative estimate of drug-likeness (QED) is 0.635. The zero-order chi connectivity index (χ0) is 12.7. The molecule has 17 heavy (non-hydrogen) atoms. The summed E-state index contributed by atoms with van der Waals surface area (Å²) in [5, 5.41) is 6.67. The maximum Gasteiger partial charge on any atom is 0.337 e. The average Bonchev–Trinajstić information content (AvgIpc) is 2.36. The van der Waals surface area contributed by atoms with Crippen molar-refractivity contribution in [1.29, 1.82) is 0 Å². The van der Waals surface area contributed by atoms with Crippen molar-refractivity contribution < 1.29 is 9.53 Å². The maximum absolute atomic E-state index is 11.2. The van der Waals surface area contributed by atoms with E-state index in [1.165, 1.54) is 7.11 Å². The van der Waals surface area contributed by atoms with Gasteiger partial charge >= 0.3 is 5.97 Å². The molecule has 0 unspecified atom stereocenters. The standard InChI is InChI=1S/C12H16N2O2S/c1-3-8-13-12(17)14-10-6-4-9(5-7-10)11(15)16-2/h4-7H,3,8H2,1-2H3,(H2,13,14,17). The van der Waals surface area contributed by atoms with Crippen molar-refractivity contribution in [3.63, 3.8) is 0 Å². The average molecular weight is 252 g/mol. The Hall–Kier alpha value is -1.62. The number of hydrogen-bond acceptors (Lipinski definition) is 3. The van der Waals surface area contributed by atoms with Gasteiger partial charge in [-0.05, 0) is 42.9 Å². The largest absolute Gasteiger partial charge is 0.465 e. The second kappa shape index (κ2) is 6.85. The Kier molecular flexibility index (Phi) is 5.42. The number of thiocarbonyl (C=S) groups is 1. The molecule has 0 radical (unpaired) electrons. The molecule has 92 valence electrons. The molecular weight excluding hydrogens is 236 g/mol. The number of esters is 1. The summed E-state index contributed by atoms with van der Waals surface area (Å²) in [5.41, 5.74) is 1.36. The molecule has 0 saturated heterocycles. The number of ether oxygens (including phenoxy) is 1. The van der Waals surface area contributed by atoms with Gasteiger partial charge in [0.1, 0.15) is 0 Å². The molecule has 0 atom stereocenters. The van der Waals surface area contributed by atoms with Gasteiger partial charge in [-0.2, -0.15) is 0 Å². The Labute approximate surface area is 106 Å². The van der Waals surface area contributed by atoms with Crippen molar-refractivity contribution in [3.8, 4) is 0 Å². The SMILES string of the molecule is CCCNC(=S)Nc1ccc(C(=O)OC)cc1. The van der Waals surface area contributed by atoms with E-state index in [0.29, 0.717) is 10.7 Å². The molecule has 0 heterocycles. The number of carbonyl (C=O) groups excluding carboxylic acids is 1. The van der Waals surface area contributed by atoms with Gasteiger partial charge in [0.25, 0.3) is 0 Å². The van der Waals surface area contributed by atoms with E-state index >= 15 is 0 Å². The van der Waals surface area contributed by atoms with Crippen LogP contribution < -0.4 is 10.6 Å². The smallest absolute Gasteiger partial charge is 0.337 e. The van der Waals surface area contributed by atoms with Crippen molar-refractivity contribution >= 4 is 29.0 Å². The Morgan fingerprint density at radius 1 is 1.35 bits per heavy atom. The molecule has 0 fully saturated rings. The molecule has 0 aliphatic heterocycles. The van der Waals surface area contributed by atoms with E-state index in [4.69, 9.17) is 12.2 Å². The van der Waals surface area contributed by atoms with Gasteiger partial charge in [0, 0.05) is 12.2 Å². The maximum atomic E-state index is 11.2. The van der Waals surface area contributed by atoms with E-state index < -0.39 is 0 Å². The summed E-state index contributed by atoms with van der Waals surface area (Å²) in [6.45, 7) is 2.91. The van der Waals surface area contributed by atoms with Crippen LogP contribution in [0.5, 0.6) is 0 Å². The molecule has 0 aliphatic rings. The fourth-order valence-corrected chi connectivity index (χ4v) is 1.44. The Bertz CT molecular complexity index is 390. The number of benzene rings is 1. The van der Waals surface area contributed by atoms with E-state index in [1.54, 1.807) is 24.3 Å². The third-order valence-electron chi connectivity index (χ3n) is 2.10. The summed E-state index contributed by atoms with van der Waals surface area (Å²) < 4.78 is 4.61. The summed E-state index contributed by atoms with van der Waals surface area (Å²) in [4.78, 5) is 11.2. The predicted octanol–water partition coefficient (Wildman–Crippen LogP) is 2.17. The number of methoxy groups -OCH3 is 1. The van der Waals surface area contributed by atoms with Gasteiger partial charge in [-0.3, -0.25) is 0 Å². The molecule has 0 amide bonds. The first-order valence-electron chi connectivity index (χ1n) is 5.40. The molecule has 4 nitrogen and oxygen atoms in total. The highest BCUT2D eigenvalue weighted by Gasteiger charge is 2.04. The highest BCUT2D eigenvalue weighted by Crippen LogP contribution is 2.10. The summed E-state index contributed by atoms with van der Waals surface area (Å²) in [6.07, 6.45) is 1.02. The topological polar surface area (TPSA) is 50.4 Å². The lowest BCUT2D eigenvalue weighted by Crippen LogP contribution is -2.28. The molecule has 1 aromatic rings. The first kappa shape index (κ1) is 13.4. The third kappa shape index (κ3) is 4.40. The van der Waals surface area contributed by atoms with E-state index in [2.05, 4.69) is 22.3 Å². The van der Waals surface area contributed by atoms with Crippen molar-refractivity contribution in [2.24, 2.45) is 0 Å². The summed E-state index contributed by atoms with van der Waals surface area (Å²) in [7, 11) is 1.36. The molecule has 0 bridgehead atoms. The van der Waals surface area contributed by atoms with Gasteiger partial charge in [-0.1, -0.05) is 6.92 Å². The van der Waals surface area contributed by atoms with Gasteiger partial charge in [-0.25, -0.2) is 4.79 Å². The predicted molar refractivity (Wildman–Crippen MR) is 72.3 cm³/mol. The fraction of sp³-hybridized carbons (Fsp3) is 0.333. The molecule has 2 N–H and O–H groups in total. The summed E-state index contributed by atoms with van der Waals surface area (Å²) in [5.74, 6) is -0.344. The molecule has 0 aromatic heterocycles. The van der Waals surface area contributed by atoms with Crippen molar-refractivity contribution in [1.82, 2.24) is 5.32 Å². The van der Waals surface area contributed by atoms with E-state index in [9.17, 15) is 4.79 Å². The van der Waals surface area contributed by atoms with Crippen molar-refractivity contribution in [3.05, 3.63) is 29.8 Å². The van der Waals surface area contributed by atoms with E-state index in [1.807, 2.05) is 0 Å². The van der Waals surface area contributed by atoms with Crippen LogP contribution >= 0.6 is 12.2 Å². The second-order valence-electron chi connectivity index (χ2n) is 3.45. The molecular formula is C12H16N2O2S. The van der Waals surface area contributed by atoms with Crippen molar-refractivity contribution in [2.75, 3.05) is 19.0 Å². The first-order valence-corrected chi connectivity index (χ1v) is 5.81. The van der Waals surface area contributed by atoms with Gasteiger partial charge < -0.3 is 15.4 Å². The van der Waals surface area contributed by atoms with Crippen LogP contribution in [0.25, 0.3) is 0 Å². The van der Waals surface area contributed by atoms with Gasteiger partial charge in [0.2, 0.25) is 0 Å². The van der Waals surface area contributed by atoms with Crippen LogP contribution in [0.3, 0.4) is 0 Å². The number of nitrogens with one attached hydrogen (secondary N) is 2. The summed E-state index contributed by atoms with van der Waals surface area (Å²) in [6, 6.07) is 6.95. The lowest BCUT2D eigenvalue weighted by Gasteiger charge is -2.09. The third-order valence-corrected chi connectivity index (χ3v) is 2.35. The first-order chi connectivity index (χ1) is 8.17. The van der Waals surface area contributed by atoms with Gasteiger partial charge in [0.05, 0.1) is 12.7 Å². The van der Waals surface area contributed by atoms with Crippen LogP contribution in [0.1, 0.15) is 23.7 Å². The van der Waals surface area contributed by atoms with Crippen LogP contribution in [-0.4, -0.2) is 24.7 Å². The number of carbonyl (C=O) groups is 1. The lowest BCUT2D eigenvalue weighted by atomic mass is 10.2. The monoisotopic (exact) mass is 252 g/mol. The minimum absolute atomic E-state index is 0.344. The molecule has 5 heteroatoms. The number of anilines is 1. The highest BCUT2D eigenvalue weighted by molar-refractivity contribution is 7.80. The van der Waals surface area contributed by atoms with Gasteiger partial charge in [-0.15, -0.1) is 0 Å². The summed E-state index contributed by atoms with van der Waals surface area (Å²) >= 11 is 5.09. The Balaban J connectivity index is 2.56. The molecule has 0 spiro atoms.